The van der Waals surface area contributed by atoms with Gasteiger partial charge >= 0.3 is 11.9 Å². The highest BCUT2D eigenvalue weighted by atomic mass is 32.1. The van der Waals surface area contributed by atoms with Crippen molar-refractivity contribution in [3.05, 3.63) is 0 Å². The lowest BCUT2D eigenvalue weighted by atomic mass is 10.1. The van der Waals surface area contributed by atoms with E-state index in [0.29, 0.717) is 44.3 Å². The van der Waals surface area contributed by atoms with E-state index in [2.05, 4.69) is 43.1 Å². The highest BCUT2D eigenvalue weighted by Gasteiger charge is 2.11. The van der Waals surface area contributed by atoms with E-state index in [4.69, 9.17) is 21.7 Å². The number of hydrogen-bond acceptors (Lipinski definition) is 6. The van der Waals surface area contributed by atoms with Crippen LogP contribution < -0.4 is 5.32 Å². The Bertz CT molecular complexity index is 636. The van der Waals surface area contributed by atoms with Gasteiger partial charge in [-0.3, -0.25) is 9.59 Å². The third-order valence-electron chi connectivity index (χ3n) is 7.99. The lowest BCUT2D eigenvalue weighted by molar-refractivity contribution is -0.144. The van der Waals surface area contributed by atoms with Gasteiger partial charge in [0.2, 0.25) is 0 Å². The van der Waals surface area contributed by atoms with E-state index in [0.717, 1.165) is 58.0 Å². The number of ether oxygens (including phenoxy) is 2. The maximum absolute atomic E-state index is 12.2. The first-order chi connectivity index (χ1) is 21.4. The fourth-order valence-corrected chi connectivity index (χ4v) is 5.49. The maximum atomic E-state index is 12.2. The van der Waals surface area contributed by atoms with Crippen molar-refractivity contribution in [3.63, 3.8) is 0 Å². The van der Waals surface area contributed by atoms with Gasteiger partial charge in [-0.25, -0.2) is 0 Å². The van der Waals surface area contributed by atoms with Crippen LogP contribution in [0.15, 0.2) is 0 Å². The molecular weight excluding hydrogens is 570 g/mol. The normalized spacial score (nSPS) is 11.1. The molecule has 0 heterocycles. The molecule has 0 amide bonds. The zero-order valence-electron chi connectivity index (χ0n) is 29.4. The summed E-state index contributed by atoms with van der Waals surface area (Å²) in [4.78, 5) is 28.6. The van der Waals surface area contributed by atoms with Gasteiger partial charge in [-0.05, 0) is 65.0 Å². The Morgan fingerprint density at radius 1 is 0.545 bits per heavy atom. The summed E-state index contributed by atoms with van der Waals surface area (Å²) in [5, 5.41) is 4.08. The third-order valence-corrected chi connectivity index (χ3v) is 8.39. The number of nitrogens with zero attached hydrogens (tertiary/aromatic N) is 2. The van der Waals surface area contributed by atoms with Crippen molar-refractivity contribution in [1.82, 2.24) is 15.1 Å². The first-order valence-electron chi connectivity index (χ1n) is 18.4. The van der Waals surface area contributed by atoms with Crippen molar-refractivity contribution in [2.75, 3.05) is 53.5 Å². The van der Waals surface area contributed by atoms with Gasteiger partial charge in [-0.2, -0.15) is 0 Å². The van der Waals surface area contributed by atoms with Crippen LogP contribution in [0.4, 0.5) is 0 Å². The number of carbonyl (C=O) groups is 2. The summed E-state index contributed by atoms with van der Waals surface area (Å²) in [6, 6.07) is 0. The molecule has 0 saturated heterocycles. The second kappa shape index (κ2) is 33.0. The minimum absolute atomic E-state index is 0.0947. The lowest BCUT2D eigenvalue weighted by Crippen LogP contribution is -2.42. The van der Waals surface area contributed by atoms with E-state index in [9.17, 15) is 9.59 Å². The number of rotatable bonds is 32. The Labute approximate surface area is 277 Å². The summed E-state index contributed by atoms with van der Waals surface area (Å²) >= 11 is 5.69. The summed E-state index contributed by atoms with van der Waals surface area (Å²) in [6.07, 6.45) is 25.8. The predicted molar refractivity (Wildman–Crippen MR) is 190 cm³/mol. The molecule has 44 heavy (non-hydrogen) atoms. The molecule has 0 radical (unpaired) electrons. The van der Waals surface area contributed by atoms with Gasteiger partial charge in [0.05, 0.1) is 13.2 Å². The van der Waals surface area contributed by atoms with Gasteiger partial charge in [-0.1, -0.05) is 117 Å². The van der Waals surface area contributed by atoms with Crippen LogP contribution in [-0.2, 0) is 19.1 Å². The Kier molecular flexibility index (Phi) is 31.9. The monoisotopic (exact) mass is 642 g/mol. The molecule has 0 aliphatic carbocycles. The van der Waals surface area contributed by atoms with Crippen molar-refractivity contribution in [1.29, 1.82) is 0 Å². The number of hydrogen-bond donors (Lipinski definition) is 1. The topological polar surface area (TPSA) is 71.1 Å². The number of nitrogens with one attached hydrogen (secondary N) is 1. The molecule has 0 atom stereocenters. The summed E-state index contributed by atoms with van der Waals surface area (Å²) in [5.41, 5.74) is 0. The zero-order valence-corrected chi connectivity index (χ0v) is 30.3. The third kappa shape index (κ3) is 30.6. The van der Waals surface area contributed by atoms with Crippen LogP contribution >= 0.6 is 12.2 Å². The first-order valence-corrected chi connectivity index (χ1v) is 18.8. The Balaban J connectivity index is 4.16. The molecule has 7 nitrogen and oxygen atoms in total. The van der Waals surface area contributed by atoms with Crippen LogP contribution in [-0.4, -0.2) is 80.3 Å². The molecule has 0 bridgehead atoms. The number of thiocarbonyl (C=S) groups is 1. The van der Waals surface area contributed by atoms with E-state index in [1.54, 1.807) is 0 Å². The molecule has 0 unspecified atom stereocenters. The molecule has 0 aromatic rings. The lowest BCUT2D eigenvalue weighted by Gasteiger charge is -2.26. The van der Waals surface area contributed by atoms with Gasteiger partial charge in [-0.15, -0.1) is 0 Å². The smallest absolute Gasteiger partial charge is 0.305 e. The SMILES string of the molecule is CCCCCCCCCCCC(=O)OCCCN(CCCOC(=O)CCCCCCCCCCC)C(=S)NCCCN(C)C. The fraction of sp³-hybridized carbons (Fsp3) is 0.917. The predicted octanol–water partition coefficient (Wildman–Crippen LogP) is 8.82. The van der Waals surface area contributed by atoms with E-state index < -0.39 is 0 Å². The molecule has 260 valence electrons. The van der Waals surface area contributed by atoms with Gasteiger partial charge in [0, 0.05) is 32.5 Å². The molecule has 0 aliphatic heterocycles. The largest absolute Gasteiger partial charge is 0.466 e. The second-order valence-corrected chi connectivity index (χ2v) is 13.1. The molecule has 0 spiro atoms. The molecule has 0 saturated carbocycles. The van der Waals surface area contributed by atoms with E-state index in [1.807, 2.05) is 0 Å². The van der Waals surface area contributed by atoms with E-state index in [-0.39, 0.29) is 11.9 Å². The molecule has 0 rings (SSSR count). The quantitative estimate of drug-likeness (QED) is 0.0444. The summed E-state index contributed by atoms with van der Waals surface area (Å²) in [7, 11) is 4.14. The molecule has 0 aromatic heterocycles. The molecule has 0 aliphatic rings. The Morgan fingerprint density at radius 2 is 0.932 bits per heavy atom. The van der Waals surface area contributed by atoms with Crippen molar-refractivity contribution in [2.24, 2.45) is 0 Å². The minimum atomic E-state index is -0.0947. The molecule has 8 heteroatoms. The van der Waals surface area contributed by atoms with Gasteiger partial charge in [0.1, 0.15) is 0 Å². The van der Waals surface area contributed by atoms with Crippen molar-refractivity contribution >= 4 is 29.3 Å². The summed E-state index contributed by atoms with van der Waals surface area (Å²) < 4.78 is 11.0. The molecule has 0 fully saturated rings. The average molecular weight is 642 g/mol. The van der Waals surface area contributed by atoms with Crippen LogP contribution in [0.3, 0.4) is 0 Å². The number of unbranched alkanes of at least 4 members (excludes halogenated alkanes) is 16. The molecule has 1 N–H and O–H groups in total. The minimum Gasteiger partial charge on any atom is -0.466 e. The molecule has 0 aromatic carbocycles. The zero-order chi connectivity index (χ0) is 32.5. The Hall–Kier alpha value is -1.41. The summed E-state index contributed by atoms with van der Waals surface area (Å²) in [6.45, 7) is 8.53. The highest BCUT2D eigenvalue weighted by molar-refractivity contribution is 7.80. The van der Waals surface area contributed by atoms with Crippen LogP contribution in [0.25, 0.3) is 0 Å². The maximum Gasteiger partial charge on any atom is 0.305 e. The standard InChI is InChI=1S/C36H71N3O4S/c1-5-7-9-11-13-15-17-19-21-26-34(40)42-32-24-30-39(36(44)37-28-23-29-38(3)4)31-25-33-43-35(41)27-22-20-18-16-14-12-10-8-6-2/h5-33H2,1-4H3,(H,37,44). The van der Waals surface area contributed by atoms with Gasteiger partial charge in [0.25, 0.3) is 0 Å². The van der Waals surface area contributed by atoms with Crippen LogP contribution in [0.1, 0.15) is 162 Å². The van der Waals surface area contributed by atoms with Gasteiger partial charge in [0.15, 0.2) is 5.11 Å². The van der Waals surface area contributed by atoms with Crippen LogP contribution in [0, 0.1) is 0 Å². The van der Waals surface area contributed by atoms with E-state index >= 15 is 0 Å². The average Bonchev–Trinajstić information content (AvgIpc) is 3.00. The number of esters is 2. The second-order valence-electron chi connectivity index (χ2n) is 12.7. The van der Waals surface area contributed by atoms with Crippen molar-refractivity contribution < 1.29 is 19.1 Å². The van der Waals surface area contributed by atoms with Crippen LogP contribution in [0.5, 0.6) is 0 Å². The van der Waals surface area contributed by atoms with Crippen molar-refractivity contribution in [3.8, 4) is 0 Å². The van der Waals surface area contributed by atoms with Gasteiger partial charge < -0.3 is 24.6 Å². The fourth-order valence-electron chi connectivity index (χ4n) is 5.20. The van der Waals surface area contributed by atoms with E-state index in [1.165, 1.54) is 89.9 Å². The van der Waals surface area contributed by atoms with Crippen molar-refractivity contribution in [2.45, 2.75) is 162 Å². The highest BCUT2D eigenvalue weighted by Crippen LogP contribution is 2.12. The summed E-state index contributed by atoms with van der Waals surface area (Å²) in [5.74, 6) is -0.189. The van der Waals surface area contributed by atoms with Crippen LogP contribution in [0.2, 0.25) is 0 Å². The first kappa shape index (κ1) is 42.6. The Morgan fingerprint density at radius 3 is 1.32 bits per heavy atom. The number of carbonyl (C=O) groups excluding carboxylic acids is 2. The molecular formula is C36H71N3O4S.